The summed E-state index contributed by atoms with van der Waals surface area (Å²) in [6.45, 7) is 5.42. The minimum Gasteiger partial charge on any atom is -0.380 e. The second kappa shape index (κ2) is 8.80. The number of hydrogen-bond acceptors (Lipinski definition) is 5. The number of nitrogens with zero attached hydrogens (tertiary/aromatic N) is 4. The fraction of sp³-hybridized carbons (Fsp3) is 0.462. The van der Waals surface area contributed by atoms with E-state index in [2.05, 4.69) is 61.4 Å². The Kier molecular flexibility index (Phi) is 5.52. The van der Waals surface area contributed by atoms with E-state index in [9.17, 15) is 0 Å². The lowest BCUT2D eigenvalue weighted by molar-refractivity contribution is 0.141. The Bertz CT molecular complexity index is 1250. The number of fused-ring (bicyclic) bond motifs is 2. The number of piperidine rings is 2. The van der Waals surface area contributed by atoms with Gasteiger partial charge in [-0.1, -0.05) is 12.5 Å². The average Bonchev–Trinajstić information content (AvgIpc) is 3.48. The minimum absolute atomic E-state index is 0.582. The van der Waals surface area contributed by atoms with E-state index in [0.717, 1.165) is 58.1 Å². The molecule has 4 aromatic rings. The Morgan fingerprint density at radius 1 is 0.970 bits per heavy atom. The Labute approximate surface area is 194 Å². The number of anilines is 1. The van der Waals surface area contributed by atoms with Crippen molar-refractivity contribution in [1.82, 2.24) is 25.1 Å². The summed E-state index contributed by atoms with van der Waals surface area (Å²) in [5.41, 5.74) is 6.29. The number of hydrogen-bond donors (Lipinski definition) is 2. The molecule has 0 saturated carbocycles. The zero-order valence-electron chi connectivity index (χ0n) is 19.3. The van der Waals surface area contributed by atoms with Crippen LogP contribution in [0.15, 0.2) is 36.4 Å². The maximum atomic E-state index is 5.30. The van der Waals surface area contributed by atoms with E-state index in [1.54, 1.807) is 7.11 Å². The van der Waals surface area contributed by atoms with E-state index >= 15 is 0 Å². The highest BCUT2D eigenvalue weighted by atomic mass is 16.5. The third-order valence-electron chi connectivity index (χ3n) is 7.36. The number of imidazole rings is 1. The van der Waals surface area contributed by atoms with Gasteiger partial charge in [0.15, 0.2) is 5.82 Å². The van der Waals surface area contributed by atoms with Crippen molar-refractivity contribution in [2.24, 2.45) is 0 Å². The molecule has 2 aliphatic heterocycles. The second-order valence-electron chi connectivity index (χ2n) is 9.49. The number of methoxy groups -OCH3 is 1. The van der Waals surface area contributed by atoms with Gasteiger partial charge in [-0.3, -0.25) is 5.10 Å². The van der Waals surface area contributed by atoms with Crippen LogP contribution in [-0.2, 0) is 11.3 Å². The number of benzene rings is 2. The first-order valence-corrected chi connectivity index (χ1v) is 12.2. The van der Waals surface area contributed by atoms with Crippen LogP contribution in [0.25, 0.3) is 33.5 Å². The predicted octanol–water partition coefficient (Wildman–Crippen LogP) is 4.71. The summed E-state index contributed by atoms with van der Waals surface area (Å²) in [7, 11) is 1.72. The Balaban J connectivity index is 1.22. The first kappa shape index (κ1) is 20.7. The average molecular weight is 445 g/mol. The smallest absolute Gasteiger partial charge is 0.159 e. The second-order valence-corrected chi connectivity index (χ2v) is 9.49. The van der Waals surface area contributed by atoms with Crippen LogP contribution in [0, 0.1) is 0 Å². The van der Waals surface area contributed by atoms with Crippen LogP contribution in [0.5, 0.6) is 0 Å². The summed E-state index contributed by atoms with van der Waals surface area (Å²) in [4.78, 5) is 13.6. The van der Waals surface area contributed by atoms with Gasteiger partial charge in [-0.15, -0.1) is 0 Å². The first-order chi connectivity index (χ1) is 16.3. The Morgan fingerprint density at radius 3 is 2.64 bits per heavy atom. The molecule has 0 bridgehead atoms. The van der Waals surface area contributed by atoms with Gasteiger partial charge in [0.05, 0.1) is 23.2 Å². The third kappa shape index (κ3) is 4.00. The molecule has 2 fully saturated rings. The molecule has 172 valence electrons. The van der Waals surface area contributed by atoms with Crippen LogP contribution in [-0.4, -0.2) is 64.4 Å². The number of rotatable bonds is 5. The molecule has 0 radical (unpaired) electrons. The summed E-state index contributed by atoms with van der Waals surface area (Å²) in [5, 5.41) is 8.74. The molecule has 33 heavy (non-hydrogen) atoms. The van der Waals surface area contributed by atoms with E-state index in [1.807, 2.05) is 0 Å². The van der Waals surface area contributed by atoms with Crippen molar-refractivity contribution in [3.05, 3.63) is 42.0 Å². The molecule has 2 aromatic heterocycles. The van der Waals surface area contributed by atoms with Crippen molar-refractivity contribution >= 4 is 27.6 Å². The number of aromatic nitrogens is 4. The van der Waals surface area contributed by atoms with Gasteiger partial charge in [0, 0.05) is 37.3 Å². The van der Waals surface area contributed by atoms with Gasteiger partial charge in [0.2, 0.25) is 0 Å². The maximum absolute atomic E-state index is 5.30. The summed E-state index contributed by atoms with van der Waals surface area (Å²) in [6.07, 6.45) is 6.67. The highest BCUT2D eigenvalue weighted by Crippen LogP contribution is 2.30. The van der Waals surface area contributed by atoms with E-state index in [4.69, 9.17) is 9.72 Å². The van der Waals surface area contributed by atoms with Crippen molar-refractivity contribution in [2.75, 3.05) is 38.2 Å². The van der Waals surface area contributed by atoms with Crippen molar-refractivity contribution in [3.63, 3.8) is 0 Å². The molecule has 2 saturated heterocycles. The van der Waals surface area contributed by atoms with Crippen molar-refractivity contribution in [3.8, 4) is 11.5 Å². The van der Waals surface area contributed by atoms with Crippen LogP contribution < -0.4 is 4.90 Å². The van der Waals surface area contributed by atoms with Gasteiger partial charge in [-0.05, 0) is 74.7 Å². The number of H-pyrrole nitrogens is 2. The largest absolute Gasteiger partial charge is 0.380 e. The molecule has 6 rings (SSSR count). The zero-order valence-corrected chi connectivity index (χ0v) is 19.3. The lowest BCUT2D eigenvalue weighted by atomic mass is 9.99. The minimum atomic E-state index is 0.582. The lowest BCUT2D eigenvalue weighted by Crippen LogP contribution is -2.46. The number of ether oxygens (including phenoxy) is 1. The molecule has 0 aliphatic carbocycles. The van der Waals surface area contributed by atoms with E-state index in [-0.39, 0.29) is 0 Å². The molecule has 2 N–H and O–H groups in total. The number of likely N-dealkylation sites (tertiary alicyclic amines) is 1. The third-order valence-corrected chi connectivity index (χ3v) is 7.36. The molecule has 2 aromatic carbocycles. The van der Waals surface area contributed by atoms with Crippen LogP contribution in [0.4, 0.5) is 5.69 Å². The highest BCUT2D eigenvalue weighted by molar-refractivity contribution is 5.93. The van der Waals surface area contributed by atoms with E-state index < -0.39 is 0 Å². The van der Waals surface area contributed by atoms with Gasteiger partial charge < -0.3 is 19.5 Å². The van der Waals surface area contributed by atoms with Gasteiger partial charge in [0.1, 0.15) is 5.69 Å². The van der Waals surface area contributed by atoms with E-state index in [0.29, 0.717) is 6.61 Å². The fourth-order valence-corrected chi connectivity index (χ4v) is 5.58. The molecule has 4 heterocycles. The molecule has 0 unspecified atom stereocenters. The van der Waals surface area contributed by atoms with Gasteiger partial charge in [0.25, 0.3) is 0 Å². The molecule has 0 spiro atoms. The monoisotopic (exact) mass is 444 g/mol. The number of aromatic amines is 2. The van der Waals surface area contributed by atoms with Gasteiger partial charge >= 0.3 is 0 Å². The summed E-state index contributed by atoms with van der Waals surface area (Å²) in [5.74, 6) is 0.798. The summed E-state index contributed by atoms with van der Waals surface area (Å²) in [6, 6.07) is 13.6. The molecule has 7 nitrogen and oxygen atoms in total. The first-order valence-electron chi connectivity index (χ1n) is 12.2. The Morgan fingerprint density at radius 2 is 1.82 bits per heavy atom. The lowest BCUT2D eigenvalue weighted by Gasteiger charge is -2.41. The number of nitrogens with one attached hydrogen (secondary N) is 2. The van der Waals surface area contributed by atoms with Crippen LogP contribution in [0.1, 0.15) is 37.7 Å². The van der Waals surface area contributed by atoms with E-state index in [1.165, 1.54) is 50.9 Å². The van der Waals surface area contributed by atoms with Crippen LogP contribution >= 0.6 is 0 Å². The molecule has 0 amide bonds. The fourth-order valence-electron chi connectivity index (χ4n) is 5.58. The van der Waals surface area contributed by atoms with Gasteiger partial charge in [-0.25, -0.2) is 4.98 Å². The summed E-state index contributed by atoms with van der Waals surface area (Å²) >= 11 is 0. The van der Waals surface area contributed by atoms with Crippen molar-refractivity contribution < 1.29 is 4.74 Å². The van der Waals surface area contributed by atoms with Crippen molar-refractivity contribution in [2.45, 2.75) is 44.8 Å². The summed E-state index contributed by atoms with van der Waals surface area (Å²) < 4.78 is 5.30. The molecule has 2 aliphatic rings. The molecule has 7 heteroatoms. The molecule has 0 atom stereocenters. The van der Waals surface area contributed by atoms with Crippen LogP contribution in [0.3, 0.4) is 0 Å². The zero-order chi connectivity index (χ0) is 22.2. The van der Waals surface area contributed by atoms with Gasteiger partial charge in [-0.2, -0.15) is 5.10 Å². The standard InChI is InChI=1S/C26H32N6O/c1-33-17-18-5-7-22-21(15-18)25(30-29-22)26-27-23-8-6-20(16-24(23)28-26)32-13-9-19(10-14-32)31-11-3-2-4-12-31/h5-8,15-16,19H,2-4,9-14,17H2,1H3,(H,27,28)(H,29,30). The Hall–Kier alpha value is -2.90. The molecular weight excluding hydrogens is 412 g/mol. The quantitative estimate of drug-likeness (QED) is 0.467. The normalized spacial score (nSPS) is 18.5. The topological polar surface area (TPSA) is 73.1 Å². The molecular formula is C26H32N6O. The van der Waals surface area contributed by atoms with Crippen LogP contribution in [0.2, 0.25) is 0 Å². The predicted molar refractivity (Wildman–Crippen MR) is 133 cm³/mol. The van der Waals surface area contributed by atoms with Crippen molar-refractivity contribution in [1.29, 1.82) is 0 Å². The highest BCUT2D eigenvalue weighted by Gasteiger charge is 2.26. The SMILES string of the molecule is COCc1ccc2[nH]nc(-c3nc4ccc(N5CCC(N6CCCCC6)CC5)cc4[nH]3)c2c1. The maximum Gasteiger partial charge on any atom is 0.159 e.